The van der Waals surface area contributed by atoms with Gasteiger partial charge in [-0.25, -0.2) is 9.18 Å². The van der Waals surface area contributed by atoms with Crippen molar-refractivity contribution in [3.63, 3.8) is 0 Å². The van der Waals surface area contributed by atoms with E-state index in [-0.39, 0.29) is 27.9 Å². The van der Waals surface area contributed by atoms with Gasteiger partial charge in [0.1, 0.15) is 17.3 Å². The van der Waals surface area contributed by atoms with Gasteiger partial charge in [-0.3, -0.25) is 10.1 Å². The summed E-state index contributed by atoms with van der Waals surface area (Å²) < 4.78 is 18.4. The molecular formula is C13H6ClFN2O4. The number of rotatable bonds is 4. The Kier molecular flexibility index (Phi) is 4.27. The summed E-state index contributed by atoms with van der Waals surface area (Å²) >= 11 is 5.61. The van der Waals surface area contributed by atoms with Crippen LogP contribution in [0.2, 0.25) is 5.02 Å². The van der Waals surface area contributed by atoms with Crippen LogP contribution >= 0.6 is 11.6 Å². The number of halogens is 2. The Bertz CT molecular complexity index is 740. The van der Waals surface area contributed by atoms with Crippen LogP contribution in [0.3, 0.4) is 0 Å². The van der Waals surface area contributed by atoms with E-state index in [1.165, 1.54) is 24.3 Å². The molecule has 21 heavy (non-hydrogen) atoms. The quantitative estimate of drug-likeness (QED) is 0.368. The first kappa shape index (κ1) is 14.6. The molecule has 0 amide bonds. The summed E-state index contributed by atoms with van der Waals surface area (Å²) in [5, 5.41) is 10.7. The minimum atomic E-state index is -0.658. The maximum atomic E-state index is 13.0. The highest BCUT2D eigenvalue weighted by molar-refractivity contribution is 6.30. The van der Waals surface area contributed by atoms with E-state index >= 15 is 0 Å². The molecule has 0 spiro atoms. The second-order valence-electron chi connectivity index (χ2n) is 3.82. The normalized spacial score (nSPS) is 9.81. The van der Waals surface area contributed by atoms with E-state index in [0.29, 0.717) is 0 Å². The minimum absolute atomic E-state index is 0.0161. The Hall–Kier alpha value is -2.76. The molecule has 0 saturated heterocycles. The van der Waals surface area contributed by atoms with Gasteiger partial charge in [0.05, 0.1) is 21.7 Å². The van der Waals surface area contributed by atoms with Crippen molar-refractivity contribution in [2.24, 2.45) is 4.99 Å². The molecule has 0 heterocycles. The molecule has 0 aliphatic carbocycles. The molecule has 2 aromatic carbocycles. The lowest BCUT2D eigenvalue weighted by Crippen LogP contribution is -1.90. The highest BCUT2D eigenvalue weighted by Gasteiger charge is 2.12. The van der Waals surface area contributed by atoms with Crippen LogP contribution in [0.25, 0.3) is 0 Å². The first-order chi connectivity index (χ1) is 9.99. The van der Waals surface area contributed by atoms with E-state index < -0.39 is 10.7 Å². The number of hydrogen-bond donors (Lipinski definition) is 0. The summed E-state index contributed by atoms with van der Waals surface area (Å²) in [6.07, 6.45) is 1.28. The molecule has 0 unspecified atom stereocenters. The number of nitrogens with zero attached hydrogens (tertiary/aromatic N) is 2. The lowest BCUT2D eigenvalue weighted by Gasteiger charge is -2.07. The Morgan fingerprint density at radius 1 is 1.24 bits per heavy atom. The van der Waals surface area contributed by atoms with Crippen molar-refractivity contribution in [3.8, 4) is 11.5 Å². The highest BCUT2D eigenvalue weighted by atomic mass is 35.5. The van der Waals surface area contributed by atoms with Gasteiger partial charge in [-0.15, -0.1) is 0 Å². The van der Waals surface area contributed by atoms with Crippen molar-refractivity contribution in [1.29, 1.82) is 0 Å². The summed E-state index contributed by atoms with van der Waals surface area (Å²) in [5.41, 5.74) is -0.294. The van der Waals surface area contributed by atoms with Crippen LogP contribution in [-0.2, 0) is 4.79 Å². The van der Waals surface area contributed by atoms with Gasteiger partial charge in [0, 0.05) is 18.2 Å². The van der Waals surface area contributed by atoms with Crippen molar-refractivity contribution in [3.05, 3.63) is 57.4 Å². The Morgan fingerprint density at radius 3 is 2.62 bits per heavy atom. The SMILES string of the molecule is O=C=Nc1cc(Oc2ccc(F)c(Cl)c2)cc([N+](=O)[O-])c1. The van der Waals surface area contributed by atoms with E-state index in [1.807, 2.05) is 0 Å². The Labute approximate surface area is 122 Å². The van der Waals surface area contributed by atoms with Crippen LogP contribution in [-0.4, -0.2) is 11.0 Å². The van der Waals surface area contributed by atoms with E-state index in [4.69, 9.17) is 16.3 Å². The number of carbonyl (C=O) groups excluding carboxylic acids is 1. The lowest BCUT2D eigenvalue weighted by molar-refractivity contribution is -0.384. The zero-order valence-corrected chi connectivity index (χ0v) is 11.0. The van der Waals surface area contributed by atoms with Crippen LogP contribution in [0.5, 0.6) is 11.5 Å². The molecule has 0 fully saturated rings. The van der Waals surface area contributed by atoms with E-state index in [1.54, 1.807) is 0 Å². The number of non-ortho nitro benzene ring substituents is 1. The third kappa shape index (κ3) is 3.62. The lowest BCUT2D eigenvalue weighted by atomic mass is 10.2. The molecule has 0 aliphatic rings. The molecule has 106 valence electrons. The van der Waals surface area contributed by atoms with Crippen LogP contribution in [0.15, 0.2) is 41.4 Å². The first-order valence-corrected chi connectivity index (χ1v) is 5.87. The molecule has 0 bridgehead atoms. The molecule has 0 radical (unpaired) electrons. The zero-order chi connectivity index (χ0) is 15.4. The second-order valence-corrected chi connectivity index (χ2v) is 4.23. The predicted octanol–water partition coefficient (Wildman–Crippen LogP) is 4.15. The van der Waals surface area contributed by atoms with Crippen molar-refractivity contribution < 1.29 is 18.8 Å². The number of hydrogen-bond acceptors (Lipinski definition) is 5. The van der Waals surface area contributed by atoms with Crippen molar-refractivity contribution in [2.75, 3.05) is 0 Å². The van der Waals surface area contributed by atoms with Crippen LogP contribution in [0, 0.1) is 15.9 Å². The van der Waals surface area contributed by atoms with E-state index in [0.717, 1.165) is 18.2 Å². The van der Waals surface area contributed by atoms with Gasteiger partial charge in [-0.2, -0.15) is 4.99 Å². The minimum Gasteiger partial charge on any atom is -0.457 e. The van der Waals surface area contributed by atoms with Crippen molar-refractivity contribution >= 4 is 29.1 Å². The van der Waals surface area contributed by atoms with Gasteiger partial charge >= 0.3 is 0 Å². The van der Waals surface area contributed by atoms with E-state index in [9.17, 15) is 19.3 Å². The molecule has 0 aromatic heterocycles. The fraction of sp³-hybridized carbons (Fsp3) is 0. The highest BCUT2D eigenvalue weighted by Crippen LogP contribution is 2.32. The number of nitro benzene ring substituents is 1. The number of benzene rings is 2. The van der Waals surface area contributed by atoms with Crippen LogP contribution < -0.4 is 4.74 Å². The molecule has 6 nitrogen and oxygen atoms in total. The van der Waals surface area contributed by atoms with Crippen LogP contribution in [0.4, 0.5) is 15.8 Å². The summed E-state index contributed by atoms with van der Waals surface area (Å²) in [6.45, 7) is 0. The molecule has 0 atom stereocenters. The maximum Gasteiger partial charge on any atom is 0.275 e. The molecular weight excluding hydrogens is 303 g/mol. The summed E-state index contributed by atoms with van der Waals surface area (Å²) in [6, 6.07) is 7.16. The third-order valence-electron chi connectivity index (χ3n) is 2.39. The van der Waals surface area contributed by atoms with Gasteiger partial charge in [-0.1, -0.05) is 11.6 Å². The van der Waals surface area contributed by atoms with Gasteiger partial charge in [0.25, 0.3) is 5.69 Å². The topological polar surface area (TPSA) is 81.8 Å². The standard InChI is InChI=1S/C13H6ClFN2O4/c14-12-6-10(1-2-13(12)15)21-11-4-8(16-7-18)3-9(5-11)17(19)20/h1-6H. The largest absolute Gasteiger partial charge is 0.457 e. The molecule has 8 heteroatoms. The van der Waals surface area contributed by atoms with Gasteiger partial charge < -0.3 is 4.74 Å². The maximum absolute atomic E-state index is 13.0. The van der Waals surface area contributed by atoms with Crippen molar-refractivity contribution in [1.82, 2.24) is 0 Å². The van der Waals surface area contributed by atoms with Gasteiger partial charge in [0.15, 0.2) is 0 Å². The predicted molar refractivity (Wildman–Crippen MR) is 72.4 cm³/mol. The number of nitro groups is 1. The summed E-state index contributed by atoms with van der Waals surface area (Å²) in [4.78, 5) is 23.7. The fourth-order valence-electron chi connectivity index (χ4n) is 1.53. The Balaban J connectivity index is 2.40. The van der Waals surface area contributed by atoms with Gasteiger partial charge in [-0.05, 0) is 12.1 Å². The second kappa shape index (κ2) is 6.13. The summed E-state index contributed by atoms with van der Waals surface area (Å²) in [7, 11) is 0. The summed E-state index contributed by atoms with van der Waals surface area (Å²) in [5.74, 6) is -0.377. The average Bonchev–Trinajstić information content (AvgIpc) is 2.43. The van der Waals surface area contributed by atoms with Crippen molar-refractivity contribution in [2.45, 2.75) is 0 Å². The molecule has 0 aliphatic heterocycles. The fourth-order valence-corrected chi connectivity index (χ4v) is 1.70. The number of ether oxygens (including phenoxy) is 1. The monoisotopic (exact) mass is 308 g/mol. The number of isocyanates is 1. The molecule has 0 saturated carbocycles. The third-order valence-corrected chi connectivity index (χ3v) is 2.68. The first-order valence-electron chi connectivity index (χ1n) is 5.50. The Morgan fingerprint density at radius 2 is 2.00 bits per heavy atom. The average molecular weight is 309 g/mol. The van der Waals surface area contributed by atoms with Gasteiger partial charge in [0.2, 0.25) is 6.08 Å². The molecule has 0 N–H and O–H groups in total. The number of aliphatic imine (C=N–C) groups is 1. The smallest absolute Gasteiger partial charge is 0.275 e. The molecule has 2 aromatic rings. The zero-order valence-electron chi connectivity index (χ0n) is 10.2. The van der Waals surface area contributed by atoms with Crippen LogP contribution in [0.1, 0.15) is 0 Å². The molecule has 2 rings (SSSR count). The van der Waals surface area contributed by atoms with E-state index in [2.05, 4.69) is 4.99 Å².